The SMILES string of the molecule is CCN1C(=O)C(=Cc2cc(C)n(-c3c(C)cccc3C)c2C)NC1=S. The van der Waals surface area contributed by atoms with Crippen LogP contribution in [0.2, 0.25) is 0 Å². The zero-order chi connectivity index (χ0) is 18.3. The molecule has 2 heterocycles. The highest BCUT2D eigenvalue weighted by Crippen LogP contribution is 2.27. The van der Waals surface area contributed by atoms with Gasteiger partial charge in [0.2, 0.25) is 0 Å². The lowest BCUT2D eigenvalue weighted by Crippen LogP contribution is -2.30. The summed E-state index contributed by atoms with van der Waals surface area (Å²) in [5, 5.41) is 3.51. The maximum Gasteiger partial charge on any atom is 0.276 e. The van der Waals surface area contributed by atoms with Crippen molar-refractivity contribution >= 4 is 29.3 Å². The average molecular weight is 353 g/mol. The van der Waals surface area contributed by atoms with E-state index in [1.165, 1.54) is 16.8 Å². The maximum atomic E-state index is 12.4. The van der Waals surface area contributed by atoms with Crippen molar-refractivity contribution in [3.8, 4) is 5.69 Å². The fourth-order valence-electron chi connectivity index (χ4n) is 3.45. The molecule has 5 heteroatoms. The summed E-state index contributed by atoms with van der Waals surface area (Å²) >= 11 is 5.23. The lowest BCUT2D eigenvalue weighted by Gasteiger charge is -2.15. The number of hydrogen-bond donors (Lipinski definition) is 1. The lowest BCUT2D eigenvalue weighted by molar-refractivity contribution is -0.122. The first-order valence-corrected chi connectivity index (χ1v) is 8.86. The van der Waals surface area contributed by atoms with Crippen molar-refractivity contribution in [2.75, 3.05) is 6.54 Å². The minimum absolute atomic E-state index is 0.0654. The van der Waals surface area contributed by atoms with Crippen molar-refractivity contribution in [2.45, 2.75) is 34.6 Å². The number of amides is 1. The monoisotopic (exact) mass is 353 g/mol. The summed E-state index contributed by atoms with van der Waals surface area (Å²) < 4.78 is 2.26. The predicted octanol–water partition coefficient (Wildman–Crippen LogP) is 3.79. The normalized spacial score (nSPS) is 16.0. The van der Waals surface area contributed by atoms with Crippen molar-refractivity contribution < 1.29 is 4.79 Å². The fraction of sp³-hybridized carbons (Fsp3) is 0.300. The van der Waals surface area contributed by atoms with Crippen LogP contribution in [0.1, 0.15) is 35.0 Å². The number of nitrogens with one attached hydrogen (secondary N) is 1. The molecule has 1 aliphatic rings. The molecule has 1 fully saturated rings. The van der Waals surface area contributed by atoms with E-state index in [1.807, 2.05) is 13.0 Å². The van der Waals surface area contributed by atoms with Gasteiger partial charge in [0.05, 0.1) is 5.69 Å². The molecule has 1 saturated heterocycles. The van der Waals surface area contributed by atoms with E-state index in [4.69, 9.17) is 12.2 Å². The number of carbonyl (C=O) groups is 1. The standard InChI is InChI=1S/C20H23N3OS/c1-6-22-19(24)17(21-20(22)25)11-16-10-14(4)23(15(16)5)18-12(2)8-7-9-13(18)3/h7-11H,6H2,1-5H3,(H,21,25). The maximum absolute atomic E-state index is 12.4. The van der Waals surface area contributed by atoms with Gasteiger partial charge >= 0.3 is 0 Å². The Morgan fingerprint density at radius 1 is 1.16 bits per heavy atom. The van der Waals surface area contributed by atoms with Crippen LogP contribution in [-0.2, 0) is 4.79 Å². The molecule has 2 aromatic rings. The van der Waals surface area contributed by atoms with Crippen LogP contribution in [-0.4, -0.2) is 27.0 Å². The van der Waals surface area contributed by atoms with Gasteiger partial charge in [0.1, 0.15) is 5.70 Å². The molecule has 0 spiro atoms. The van der Waals surface area contributed by atoms with E-state index in [0.717, 1.165) is 17.0 Å². The number of para-hydroxylation sites is 1. The molecule has 1 aromatic heterocycles. The number of aromatic nitrogens is 1. The van der Waals surface area contributed by atoms with Crippen LogP contribution >= 0.6 is 12.2 Å². The Hall–Kier alpha value is -2.40. The third kappa shape index (κ3) is 2.89. The van der Waals surface area contributed by atoms with Gasteiger partial charge in [-0.3, -0.25) is 9.69 Å². The largest absolute Gasteiger partial charge is 0.328 e. The molecule has 0 saturated carbocycles. The molecule has 3 rings (SSSR count). The minimum Gasteiger partial charge on any atom is -0.328 e. The van der Waals surface area contributed by atoms with Gasteiger partial charge in [-0.15, -0.1) is 0 Å². The molecular formula is C20H23N3OS. The average Bonchev–Trinajstić information content (AvgIpc) is 2.97. The van der Waals surface area contributed by atoms with Gasteiger partial charge in [0, 0.05) is 17.9 Å². The van der Waals surface area contributed by atoms with Crippen LogP contribution in [0.4, 0.5) is 0 Å². The zero-order valence-corrected chi connectivity index (χ0v) is 16.1. The Labute approximate surface area is 154 Å². The van der Waals surface area contributed by atoms with Gasteiger partial charge < -0.3 is 9.88 Å². The molecule has 0 bridgehead atoms. The first kappa shape index (κ1) is 17.4. The number of hydrogen-bond acceptors (Lipinski definition) is 2. The number of nitrogens with zero attached hydrogens (tertiary/aromatic N) is 2. The molecule has 0 atom stereocenters. The Bertz CT molecular complexity index is 888. The molecule has 25 heavy (non-hydrogen) atoms. The summed E-state index contributed by atoms with van der Waals surface area (Å²) in [5.41, 5.74) is 7.48. The Balaban J connectivity index is 2.09. The highest BCUT2D eigenvalue weighted by atomic mass is 32.1. The molecule has 1 aromatic carbocycles. The third-order valence-electron chi connectivity index (χ3n) is 4.71. The predicted molar refractivity (Wildman–Crippen MR) is 106 cm³/mol. The summed E-state index contributed by atoms with van der Waals surface area (Å²) in [4.78, 5) is 14.0. The van der Waals surface area contributed by atoms with Crippen LogP contribution in [0, 0.1) is 27.7 Å². The first-order valence-electron chi connectivity index (χ1n) is 8.45. The van der Waals surface area contributed by atoms with Crippen LogP contribution in [0.15, 0.2) is 30.0 Å². The smallest absolute Gasteiger partial charge is 0.276 e. The second-order valence-electron chi connectivity index (χ2n) is 6.44. The Morgan fingerprint density at radius 2 is 1.80 bits per heavy atom. The van der Waals surface area contributed by atoms with E-state index in [-0.39, 0.29) is 5.91 Å². The zero-order valence-electron chi connectivity index (χ0n) is 15.3. The number of rotatable bonds is 3. The molecule has 130 valence electrons. The van der Waals surface area contributed by atoms with Crippen molar-refractivity contribution in [2.24, 2.45) is 0 Å². The van der Waals surface area contributed by atoms with E-state index >= 15 is 0 Å². The lowest BCUT2D eigenvalue weighted by atomic mass is 10.1. The van der Waals surface area contributed by atoms with Crippen molar-refractivity contribution in [3.05, 3.63) is 58.0 Å². The first-order chi connectivity index (χ1) is 11.8. The van der Waals surface area contributed by atoms with Crippen molar-refractivity contribution in [3.63, 3.8) is 0 Å². The molecular weight excluding hydrogens is 330 g/mol. The molecule has 4 nitrogen and oxygen atoms in total. The molecule has 0 aliphatic carbocycles. The minimum atomic E-state index is -0.0654. The Morgan fingerprint density at radius 3 is 2.36 bits per heavy atom. The van der Waals surface area contributed by atoms with E-state index < -0.39 is 0 Å². The number of carbonyl (C=O) groups excluding carboxylic acids is 1. The number of aryl methyl sites for hydroxylation is 3. The third-order valence-corrected chi connectivity index (χ3v) is 5.03. The quantitative estimate of drug-likeness (QED) is 0.674. The number of benzene rings is 1. The van der Waals surface area contributed by atoms with Gasteiger partial charge in [-0.1, -0.05) is 18.2 Å². The fourth-order valence-corrected chi connectivity index (χ4v) is 3.77. The van der Waals surface area contributed by atoms with Crippen LogP contribution in [0.25, 0.3) is 11.8 Å². The highest BCUT2D eigenvalue weighted by molar-refractivity contribution is 7.80. The van der Waals surface area contributed by atoms with E-state index in [9.17, 15) is 4.79 Å². The van der Waals surface area contributed by atoms with Gasteiger partial charge in [-0.2, -0.15) is 0 Å². The highest BCUT2D eigenvalue weighted by Gasteiger charge is 2.29. The van der Waals surface area contributed by atoms with Gasteiger partial charge in [-0.25, -0.2) is 0 Å². The summed E-state index contributed by atoms with van der Waals surface area (Å²) in [6.45, 7) is 10.9. The molecule has 1 aliphatic heterocycles. The van der Waals surface area contributed by atoms with Crippen LogP contribution < -0.4 is 5.32 Å². The molecule has 1 N–H and O–H groups in total. The van der Waals surface area contributed by atoms with Gasteiger partial charge in [0.15, 0.2) is 5.11 Å². The van der Waals surface area contributed by atoms with Gasteiger partial charge in [0.25, 0.3) is 5.91 Å². The number of thiocarbonyl (C=S) groups is 1. The van der Waals surface area contributed by atoms with Crippen molar-refractivity contribution in [1.82, 2.24) is 14.8 Å². The summed E-state index contributed by atoms with van der Waals surface area (Å²) in [6.07, 6.45) is 1.90. The molecule has 0 unspecified atom stereocenters. The number of likely N-dealkylation sites (N-methyl/N-ethyl adjacent to an activating group) is 1. The second-order valence-corrected chi connectivity index (χ2v) is 6.83. The summed E-state index contributed by atoms with van der Waals surface area (Å²) in [5.74, 6) is -0.0654. The van der Waals surface area contributed by atoms with E-state index in [2.05, 4.69) is 61.8 Å². The second kappa shape index (κ2) is 6.48. The van der Waals surface area contributed by atoms with Gasteiger partial charge in [-0.05, 0) is 75.7 Å². The van der Waals surface area contributed by atoms with E-state index in [0.29, 0.717) is 17.4 Å². The molecule has 0 radical (unpaired) electrons. The topological polar surface area (TPSA) is 37.3 Å². The van der Waals surface area contributed by atoms with Crippen molar-refractivity contribution in [1.29, 1.82) is 0 Å². The Kier molecular flexibility index (Phi) is 4.52. The summed E-state index contributed by atoms with van der Waals surface area (Å²) in [7, 11) is 0. The van der Waals surface area contributed by atoms with Crippen LogP contribution in [0.3, 0.4) is 0 Å². The van der Waals surface area contributed by atoms with E-state index in [1.54, 1.807) is 4.90 Å². The van der Waals surface area contributed by atoms with Crippen LogP contribution in [0.5, 0.6) is 0 Å². The molecule has 1 amide bonds. The summed E-state index contributed by atoms with van der Waals surface area (Å²) in [6, 6.07) is 8.44.